The van der Waals surface area contributed by atoms with Crippen molar-refractivity contribution in [1.29, 1.82) is 0 Å². The summed E-state index contributed by atoms with van der Waals surface area (Å²) in [5.74, 6) is 0. The Morgan fingerprint density at radius 2 is 1.62 bits per heavy atom. The minimum absolute atomic E-state index is 0.265. The molecule has 0 fully saturated rings. The van der Waals surface area contributed by atoms with Crippen molar-refractivity contribution >= 4 is 13.3 Å². The van der Waals surface area contributed by atoms with Gasteiger partial charge in [-0.25, -0.2) is 0 Å². The highest BCUT2D eigenvalue weighted by atomic mass is 28.3. The lowest BCUT2D eigenvalue weighted by atomic mass is 9.99. The van der Waals surface area contributed by atoms with Gasteiger partial charge < -0.3 is 4.74 Å². The molecular formula is C14H24OSi. The van der Waals surface area contributed by atoms with Crippen molar-refractivity contribution in [2.45, 2.75) is 33.9 Å². The van der Waals surface area contributed by atoms with Crippen LogP contribution in [0.25, 0.3) is 0 Å². The van der Waals surface area contributed by atoms with Gasteiger partial charge >= 0.3 is 0 Å². The molecule has 1 nitrogen and oxygen atoms in total. The molecule has 0 saturated heterocycles. The van der Waals surface area contributed by atoms with Crippen LogP contribution in [0.15, 0.2) is 30.3 Å². The van der Waals surface area contributed by atoms with Crippen LogP contribution in [-0.4, -0.2) is 20.9 Å². The average Bonchev–Trinajstić information content (AvgIpc) is 2.17. The fourth-order valence-electron chi connectivity index (χ4n) is 1.59. The fraction of sp³-hybridized carbons (Fsp3) is 0.571. The quantitative estimate of drug-likeness (QED) is 0.730. The van der Waals surface area contributed by atoms with Crippen LogP contribution in [0.2, 0.25) is 13.1 Å². The maximum Gasteiger partial charge on any atom is 0.109 e. The van der Waals surface area contributed by atoms with Crippen LogP contribution in [0.5, 0.6) is 0 Å². The first-order valence-corrected chi connectivity index (χ1v) is 9.15. The Kier molecular flexibility index (Phi) is 4.33. The molecule has 0 saturated carbocycles. The minimum Gasteiger partial charge on any atom is -0.384 e. The molecule has 0 atom stereocenters. The van der Waals surface area contributed by atoms with Gasteiger partial charge in [-0.1, -0.05) is 69.4 Å². The molecule has 1 rings (SSSR count). The maximum atomic E-state index is 5.88. The van der Waals surface area contributed by atoms with Crippen LogP contribution in [0.4, 0.5) is 0 Å². The van der Waals surface area contributed by atoms with E-state index < -0.39 is 8.07 Å². The molecular weight excluding hydrogens is 212 g/mol. The van der Waals surface area contributed by atoms with Gasteiger partial charge in [0, 0.05) is 6.23 Å². The van der Waals surface area contributed by atoms with E-state index in [0.717, 1.165) is 12.8 Å². The second-order valence-electron chi connectivity index (χ2n) is 6.30. The normalized spacial score (nSPS) is 12.8. The Labute approximate surface area is 101 Å². The summed E-state index contributed by atoms with van der Waals surface area (Å²) < 4.78 is 5.88. The predicted octanol–water partition coefficient (Wildman–Crippen LogP) is 3.20. The summed E-state index contributed by atoms with van der Waals surface area (Å²) in [7, 11) is -1.40. The van der Waals surface area contributed by atoms with Gasteiger partial charge in [0.2, 0.25) is 0 Å². The van der Waals surface area contributed by atoms with Crippen LogP contribution in [0.3, 0.4) is 0 Å². The molecule has 90 valence electrons. The van der Waals surface area contributed by atoms with Crippen molar-refractivity contribution in [3.8, 4) is 0 Å². The number of hydrogen-bond donors (Lipinski definition) is 0. The van der Waals surface area contributed by atoms with E-state index in [1.54, 1.807) is 0 Å². The van der Waals surface area contributed by atoms with Crippen molar-refractivity contribution in [3.63, 3.8) is 0 Å². The van der Waals surface area contributed by atoms with E-state index in [9.17, 15) is 0 Å². The van der Waals surface area contributed by atoms with Gasteiger partial charge in [-0.15, -0.1) is 0 Å². The highest BCUT2D eigenvalue weighted by molar-refractivity contribution is 6.89. The third-order valence-electron chi connectivity index (χ3n) is 2.55. The van der Waals surface area contributed by atoms with Crippen molar-refractivity contribution in [2.75, 3.05) is 12.8 Å². The summed E-state index contributed by atoms with van der Waals surface area (Å²) in [6.07, 6.45) is 0.911. The van der Waals surface area contributed by atoms with Gasteiger partial charge in [0.1, 0.15) is 8.07 Å². The molecule has 16 heavy (non-hydrogen) atoms. The highest BCUT2D eigenvalue weighted by Gasteiger charge is 2.24. The van der Waals surface area contributed by atoms with Crippen molar-refractivity contribution in [3.05, 3.63) is 30.3 Å². The van der Waals surface area contributed by atoms with E-state index >= 15 is 0 Å². The molecule has 0 aliphatic carbocycles. The molecule has 0 aliphatic rings. The molecule has 2 heteroatoms. The van der Waals surface area contributed by atoms with Crippen LogP contribution < -0.4 is 5.19 Å². The van der Waals surface area contributed by atoms with Crippen molar-refractivity contribution < 1.29 is 4.74 Å². The molecule has 0 radical (unpaired) electrons. The maximum absolute atomic E-state index is 5.88. The first kappa shape index (κ1) is 13.5. The summed E-state index contributed by atoms with van der Waals surface area (Å²) in [6, 6.07) is 10.8. The third kappa shape index (κ3) is 4.50. The Bertz CT molecular complexity index is 311. The Morgan fingerprint density at radius 1 is 1.06 bits per heavy atom. The molecule has 1 aromatic carbocycles. The molecule has 0 spiro atoms. The third-order valence-corrected chi connectivity index (χ3v) is 5.38. The van der Waals surface area contributed by atoms with Gasteiger partial charge in [-0.05, 0) is 5.41 Å². The van der Waals surface area contributed by atoms with E-state index in [2.05, 4.69) is 64.2 Å². The molecule has 1 aromatic rings. The lowest BCUT2D eigenvalue weighted by Gasteiger charge is -2.25. The van der Waals surface area contributed by atoms with E-state index in [1.165, 1.54) is 5.19 Å². The SMILES string of the molecule is CC(C)(C)COC[Si](C)(C)c1ccccc1. The highest BCUT2D eigenvalue weighted by Crippen LogP contribution is 2.14. The predicted molar refractivity (Wildman–Crippen MR) is 73.8 cm³/mol. The molecule has 0 aromatic heterocycles. The Balaban J connectivity index is 2.53. The Morgan fingerprint density at radius 3 is 2.12 bits per heavy atom. The average molecular weight is 236 g/mol. The fourth-order valence-corrected chi connectivity index (χ4v) is 3.46. The number of benzene rings is 1. The van der Waals surface area contributed by atoms with Crippen molar-refractivity contribution in [1.82, 2.24) is 0 Å². The van der Waals surface area contributed by atoms with Crippen LogP contribution in [-0.2, 0) is 4.74 Å². The first-order chi connectivity index (χ1) is 7.31. The summed E-state index contributed by atoms with van der Waals surface area (Å²) in [4.78, 5) is 0. The number of rotatable bonds is 4. The second kappa shape index (κ2) is 5.15. The van der Waals surface area contributed by atoms with Crippen LogP contribution in [0, 0.1) is 5.41 Å². The van der Waals surface area contributed by atoms with Crippen LogP contribution >= 0.6 is 0 Å². The van der Waals surface area contributed by atoms with E-state index in [1.807, 2.05) is 0 Å². The summed E-state index contributed by atoms with van der Waals surface area (Å²) in [5.41, 5.74) is 0.265. The number of hydrogen-bond acceptors (Lipinski definition) is 1. The smallest absolute Gasteiger partial charge is 0.109 e. The first-order valence-electron chi connectivity index (χ1n) is 5.95. The Hall–Kier alpha value is -0.603. The van der Waals surface area contributed by atoms with Gasteiger partial charge in [0.15, 0.2) is 0 Å². The molecule has 0 aliphatic heterocycles. The zero-order chi connectivity index (χ0) is 12.2. The van der Waals surface area contributed by atoms with Crippen LogP contribution in [0.1, 0.15) is 20.8 Å². The number of ether oxygens (including phenoxy) is 1. The van der Waals surface area contributed by atoms with E-state index in [4.69, 9.17) is 4.74 Å². The zero-order valence-corrected chi connectivity index (χ0v) is 12.2. The van der Waals surface area contributed by atoms with Gasteiger partial charge in [-0.3, -0.25) is 0 Å². The minimum atomic E-state index is -1.40. The molecule has 0 unspecified atom stereocenters. The van der Waals surface area contributed by atoms with Gasteiger partial charge in [0.25, 0.3) is 0 Å². The second-order valence-corrected chi connectivity index (χ2v) is 10.9. The molecule has 0 bridgehead atoms. The summed E-state index contributed by atoms with van der Waals surface area (Å²) in [6.45, 7) is 12.2. The van der Waals surface area contributed by atoms with Gasteiger partial charge in [-0.2, -0.15) is 0 Å². The molecule has 0 N–H and O–H groups in total. The standard InChI is InChI=1S/C14H24OSi/c1-14(2,3)11-15-12-16(4,5)13-9-7-6-8-10-13/h6-10H,11-12H2,1-5H3. The largest absolute Gasteiger partial charge is 0.384 e. The van der Waals surface area contributed by atoms with Crippen molar-refractivity contribution in [2.24, 2.45) is 5.41 Å². The summed E-state index contributed by atoms with van der Waals surface area (Å²) >= 11 is 0. The van der Waals surface area contributed by atoms with E-state index in [0.29, 0.717) is 0 Å². The zero-order valence-electron chi connectivity index (χ0n) is 11.2. The topological polar surface area (TPSA) is 9.23 Å². The van der Waals surface area contributed by atoms with Gasteiger partial charge in [0.05, 0.1) is 6.61 Å². The lowest BCUT2D eigenvalue weighted by molar-refractivity contribution is 0.0990. The van der Waals surface area contributed by atoms with E-state index in [-0.39, 0.29) is 5.41 Å². The monoisotopic (exact) mass is 236 g/mol. The summed E-state index contributed by atoms with van der Waals surface area (Å²) in [5, 5.41) is 1.48. The molecule has 0 heterocycles. The lowest BCUT2D eigenvalue weighted by Crippen LogP contribution is -2.46. The molecule has 0 amide bonds.